The Balaban J connectivity index is 1.04. The smallest absolute Gasteiger partial charge is 0.407 e. The molecule has 1 saturated carbocycles. The predicted octanol–water partition coefficient (Wildman–Crippen LogP) is 8.22. The van der Waals surface area contributed by atoms with Gasteiger partial charge in [0.1, 0.15) is 23.7 Å². The maximum Gasteiger partial charge on any atom is 0.407 e. The molecule has 2 aliphatic carbocycles. The van der Waals surface area contributed by atoms with Crippen LogP contribution in [0.15, 0.2) is 48.8 Å². The summed E-state index contributed by atoms with van der Waals surface area (Å²) in [4.78, 5) is 72.2. The number of amides is 4. The maximum absolute atomic E-state index is 13.8. The number of methoxy groups -OCH3 is 2. The number of fused-ring (bicyclic) bond motifs is 3. The van der Waals surface area contributed by atoms with Gasteiger partial charge in [0.05, 0.1) is 50.1 Å². The first-order chi connectivity index (χ1) is 29.4. The zero-order valence-corrected chi connectivity index (χ0v) is 36.4. The van der Waals surface area contributed by atoms with Gasteiger partial charge in [0.25, 0.3) is 0 Å². The minimum absolute atomic E-state index is 0.105. The number of likely N-dealkylation sites (tertiary alicyclic amines) is 2. The highest BCUT2D eigenvalue weighted by atomic mass is 16.5. The molecule has 4 amide bonds. The zero-order valence-electron chi connectivity index (χ0n) is 36.4. The maximum atomic E-state index is 13.8. The van der Waals surface area contributed by atoms with E-state index in [1.165, 1.54) is 61.3 Å². The monoisotopic (exact) mass is 832 g/mol. The van der Waals surface area contributed by atoms with Crippen LogP contribution in [0, 0.1) is 17.8 Å². The number of nitrogens with one attached hydrogen (secondary N) is 4. The van der Waals surface area contributed by atoms with E-state index in [2.05, 4.69) is 63.9 Å². The average Bonchev–Trinajstić information content (AvgIpc) is 4.12. The van der Waals surface area contributed by atoms with Gasteiger partial charge in [0.2, 0.25) is 11.8 Å². The first-order valence-corrected chi connectivity index (χ1v) is 22.1. The Morgan fingerprint density at radius 1 is 0.656 bits per heavy atom. The Hall–Kier alpha value is -5.66. The molecule has 2 saturated heterocycles. The molecule has 7 atom stereocenters. The van der Waals surface area contributed by atoms with Crippen LogP contribution < -0.4 is 10.6 Å². The number of alkyl carbamates (subject to hydrolysis) is 2. The summed E-state index contributed by atoms with van der Waals surface area (Å²) in [5.74, 6) is 2.52. The molecule has 4 aliphatic rings. The molecule has 0 radical (unpaired) electrons. The van der Waals surface area contributed by atoms with Crippen molar-refractivity contribution in [3.63, 3.8) is 0 Å². The van der Waals surface area contributed by atoms with Gasteiger partial charge in [-0.25, -0.2) is 19.6 Å². The van der Waals surface area contributed by atoms with Crippen molar-refractivity contribution in [2.24, 2.45) is 17.8 Å². The third-order valence-electron chi connectivity index (χ3n) is 13.8. The molecule has 2 aromatic heterocycles. The summed E-state index contributed by atoms with van der Waals surface area (Å²) in [5, 5.41) is 5.47. The number of carbonyl (C=O) groups excluding carboxylic acids is 4. The van der Waals surface area contributed by atoms with Crippen molar-refractivity contribution in [2.75, 3.05) is 27.3 Å². The summed E-state index contributed by atoms with van der Waals surface area (Å²) in [5.41, 5.74) is 9.30. The molecule has 324 valence electrons. The predicted molar refractivity (Wildman–Crippen MR) is 231 cm³/mol. The summed E-state index contributed by atoms with van der Waals surface area (Å²) in [6.45, 7) is 11.3. The Labute approximate surface area is 358 Å². The molecule has 3 unspecified atom stereocenters. The largest absolute Gasteiger partial charge is 0.453 e. The van der Waals surface area contributed by atoms with Crippen molar-refractivity contribution in [1.29, 1.82) is 0 Å². The van der Waals surface area contributed by atoms with E-state index >= 15 is 0 Å². The Kier molecular flexibility index (Phi) is 12.0. The lowest BCUT2D eigenvalue weighted by Gasteiger charge is -2.30. The van der Waals surface area contributed by atoms with Crippen LogP contribution >= 0.6 is 0 Å². The normalized spacial score (nSPS) is 22.9. The number of nitrogens with zero attached hydrogens (tertiary/aromatic N) is 4. The number of hydrogen-bond donors (Lipinski definition) is 4. The van der Waals surface area contributed by atoms with E-state index in [-0.39, 0.29) is 35.7 Å². The zero-order chi connectivity index (χ0) is 43.1. The Morgan fingerprint density at radius 2 is 1.16 bits per heavy atom. The van der Waals surface area contributed by atoms with E-state index in [4.69, 9.17) is 19.4 Å². The number of ether oxygens (including phenoxy) is 2. The number of H-pyrrole nitrogens is 2. The standard InChI is InChI=1S/C47H60N8O6/c1-25(2)40(52-46(58)60-6)44(56)54-21-9-13-36(54)42-48-23-34(50-42)29-17-15-28(16-18-29)31-19-20-33(38-27(5)30-11-8-12-32(30)39(31)38)35-24-49-43(51-35)37-14-10-22-55(37)45(57)41(26(3)4)53-47(59)61-7/h15-20,23-27,30,32,36-37,40-41H,8-14,21-22H2,1-7H3,(H,48,50)(H,49,51)(H,52,58)(H,53,59)/t27?,30?,32?,36-,37-,40-,41-/m0/s1. The summed E-state index contributed by atoms with van der Waals surface area (Å²) in [6.07, 6.45) is 9.46. The number of hydrogen-bond acceptors (Lipinski definition) is 8. The fourth-order valence-electron chi connectivity index (χ4n) is 10.7. The molecule has 2 aromatic carbocycles. The lowest BCUT2D eigenvalue weighted by atomic mass is 9.87. The number of aromatic nitrogens is 4. The van der Waals surface area contributed by atoms with Crippen molar-refractivity contribution >= 4 is 24.0 Å². The van der Waals surface area contributed by atoms with Gasteiger partial charge < -0.3 is 39.9 Å². The van der Waals surface area contributed by atoms with Gasteiger partial charge in [-0.1, -0.05) is 77.4 Å². The van der Waals surface area contributed by atoms with Crippen molar-refractivity contribution in [3.8, 4) is 33.6 Å². The fourth-order valence-corrected chi connectivity index (χ4v) is 10.7. The Bertz CT molecular complexity index is 2260. The summed E-state index contributed by atoms with van der Waals surface area (Å²) in [7, 11) is 2.61. The molecule has 14 heteroatoms. The second-order valence-corrected chi connectivity index (χ2v) is 18.0. The molecule has 4 N–H and O–H groups in total. The van der Waals surface area contributed by atoms with Gasteiger partial charge in [-0.05, 0) is 95.9 Å². The number of aromatic amines is 2. The SMILES string of the molecule is COC(=O)N[C@H](C(=O)N1CCC[C@H]1c1ncc(-c2ccc(-c3ccc(-c4cnc([C@@H]5CCCN5C(=O)[C@@H](NC(=O)OC)C(C)C)[nH]4)c4c3C3CCCC3C4C)cc2)[nH]1)C(C)C. The first-order valence-electron chi connectivity index (χ1n) is 22.1. The molecule has 3 fully saturated rings. The summed E-state index contributed by atoms with van der Waals surface area (Å²) < 4.78 is 9.62. The molecule has 4 aromatic rings. The van der Waals surface area contributed by atoms with Crippen LogP contribution in [-0.2, 0) is 19.1 Å². The van der Waals surface area contributed by atoms with Gasteiger partial charge in [0, 0.05) is 18.7 Å². The first kappa shape index (κ1) is 42.0. The van der Waals surface area contributed by atoms with Crippen LogP contribution in [-0.4, -0.2) is 93.1 Å². The summed E-state index contributed by atoms with van der Waals surface area (Å²) >= 11 is 0. The molecule has 61 heavy (non-hydrogen) atoms. The lowest BCUT2D eigenvalue weighted by molar-refractivity contribution is -0.136. The quantitative estimate of drug-likeness (QED) is 0.117. The molecule has 0 spiro atoms. The number of imidazole rings is 2. The van der Waals surface area contributed by atoms with E-state index in [9.17, 15) is 19.2 Å². The molecule has 8 rings (SSSR count). The highest BCUT2D eigenvalue weighted by molar-refractivity contribution is 5.87. The molecule has 0 bridgehead atoms. The van der Waals surface area contributed by atoms with E-state index in [0.717, 1.165) is 54.3 Å². The number of carbonyl (C=O) groups is 4. The molecular formula is C47H60N8O6. The van der Waals surface area contributed by atoms with Crippen LogP contribution in [0.5, 0.6) is 0 Å². The topological polar surface area (TPSA) is 175 Å². The van der Waals surface area contributed by atoms with Gasteiger partial charge in [0.15, 0.2) is 0 Å². The lowest BCUT2D eigenvalue weighted by Crippen LogP contribution is -2.51. The van der Waals surface area contributed by atoms with Crippen LogP contribution in [0.1, 0.15) is 126 Å². The van der Waals surface area contributed by atoms with Crippen molar-refractivity contribution in [1.82, 2.24) is 40.4 Å². The van der Waals surface area contributed by atoms with Gasteiger partial charge >= 0.3 is 12.2 Å². The van der Waals surface area contributed by atoms with Crippen molar-refractivity contribution in [3.05, 3.63) is 71.6 Å². The number of benzene rings is 2. The van der Waals surface area contributed by atoms with E-state index in [1.807, 2.05) is 49.9 Å². The summed E-state index contributed by atoms with van der Waals surface area (Å²) in [6, 6.07) is 11.4. The van der Waals surface area contributed by atoms with Gasteiger partial charge in [-0.3, -0.25) is 9.59 Å². The third-order valence-corrected chi connectivity index (χ3v) is 13.8. The number of rotatable bonds is 11. The van der Waals surface area contributed by atoms with Crippen molar-refractivity contribution in [2.45, 2.75) is 116 Å². The highest BCUT2D eigenvalue weighted by Gasteiger charge is 2.45. The van der Waals surface area contributed by atoms with E-state index in [0.29, 0.717) is 30.8 Å². The fraction of sp³-hybridized carbons (Fsp3) is 0.532. The molecule has 4 heterocycles. The van der Waals surface area contributed by atoms with E-state index in [1.54, 1.807) is 0 Å². The van der Waals surface area contributed by atoms with Crippen LogP contribution in [0.4, 0.5) is 9.59 Å². The molecular weight excluding hydrogens is 773 g/mol. The molecule has 14 nitrogen and oxygen atoms in total. The highest BCUT2D eigenvalue weighted by Crippen LogP contribution is 2.59. The second-order valence-electron chi connectivity index (χ2n) is 18.0. The van der Waals surface area contributed by atoms with Gasteiger partial charge in [-0.2, -0.15) is 0 Å². The minimum Gasteiger partial charge on any atom is -0.453 e. The van der Waals surface area contributed by atoms with Crippen LogP contribution in [0.2, 0.25) is 0 Å². The second kappa shape index (κ2) is 17.4. The Morgan fingerprint density at radius 3 is 1.70 bits per heavy atom. The average molecular weight is 833 g/mol. The molecule has 2 aliphatic heterocycles. The van der Waals surface area contributed by atoms with Crippen LogP contribution in [0.3, 0.4) is 0 Å². The van der Waals surface area contributed by atoms with E-state index < -0.39 is 24.3 Å². The van der Waals surface area contributed by atoms with Crippen molar-refractivity contribution < 1.29 is 28.7 Å². The van der Waals surface area contributed by atoms with Gasteiger partial charge in [-0.15, -0.1) is 0 Å². The third kappa shape index (κ3) is 7.89. The van der Waals surface area contributed by atoms with Crippen LogP contribution in [0.25, 0.3) is 33.6 Å². The minimum atomic E-state index is -0.688.